The Morgan fingerprint density at radius 2 is 0.717 bits per heavy atom. The number of carbonyl (C=O) groups is 8. The highest BCUT2D eigenvalue weighted by atomic mass is 79.9. The van der Waals surface area contributed by atoms with Crippen LogP contribution in [0.5, 0.6) is 0 Å². The van der Waals surface area contributed by atoms with Gasteiger partial charge in [0.15, 0.2) is 0 Å². The van der Waals surface area contributed by atoms with Crippen molar-refractivity contribution in [1.82, 2.24) is 25.3 Å². The average Bonchev–Trinajstić information content (AvgIpc) is 1.03. The van der Waals surface area contributed by atoms with Crippen LogP contribution in [0.2, 0.25) is 0 Å². The second kappa shape index (κ2) is 34.4. The number of amides is 4. The summed E-state index contributed by atoms with van der Waals surface area (Å²) in [4.78, 5) is 108. The number of rotatable bonds is 12. The summed E-state index contributed by atoms with van der Waals surface area (Å²) in [6.45, 7) is 28.3. The van der Waals surface area contributed by atoms with Crippen LogP contribution in [0, 0.1) is 6.92 Å². The maximum atomic E-state index is 12.6. The van der Waals surface area contributed by atoms with Crippen LogP contribution in [0.25, 0.3) is 0 Å². The second-order valence-corrected chi connectivity index (χ2v) is 27.4. The molecule has 5 fully saturated rings. The summed E-state index contributed by atoms with van der Waals surface area (Å²) < 4.78 is 14.0. The van der Waals surface area contributed by atoms with Gasteiger partial charge in [0, 0.05) is 64.2 Å². The summed E-state index contributed by atoms with van der Waals surface area (Å²) in [5.41, 5.74) is 5.15. The molecule has 21 nitrogen and oxygen atoms in total. The molecule has 0 atom stereocenters. The summed E-state index contributed by atoms with van der Waals surface area (Å²) in [7, 11) is 4.17. The van der Waals surface area contributed by atoms with Gasteiger partial charge in [0.2, 0.25) is 0 Å². The van der Waals surface area contributed by atoms with Crippen molar-refractivity contribution >= 4 is 63.4 Å². The minimum absolute atomic E-state index is 0.0119. The lowest BCUT2D eigenvalue weighted by Crippen LogP contribution is -2.58. The number of methoxy groups -OCH3 is 3. The fraction of sp³-hybridized carbons (Fsp3) is 0.543. The Labute approximate surface area is 551 Å². The number of hydrogen-bond donors (Lipinski definition) is 2. The molecule has 5 aliphatic heterocycles. The number of halogens is 1. The van der Waals surface area contributed by atoms with Crippen LogP contribution >= 0.6 is 15.9 Å². The molecule has 506 valence electrons. The topological polar surface area (TPSA) is 249 Å². The first-order chi connectivity index (χ1) is 43.0. The van der Waals surface area contributed by atoms with Crippen LogP contribution in [0.1, 0.15) is 230 Å². The molecular formula is C70H98BrN5O16. The van der Waals surface area contributed by atoms with Crippen LogP contribution in [-0.2, 0) is 66.4 Å². The van der Waals surface area contributed by atoms with Gasteiger partial charge in [-0.15, -0.1) is 5.06 Å². The highest BCUT2D eigenvalue weighted by Gasteiger charge is 2.45. The Bertz CT molecular complexity index is 3100. The number of hydroxylamine groups is 10. The predicted molar refractivity (Wildman–Crippen MR) is 349 cm³/mol. The third-order valence-corrected chi connectivity index (χ3v) is 17.4. The number of piperidine rings is 3. The molecule has 92 heavy (non-hydrogen) atoms. The quantitative estimate of drug-likeness (QED) is 0.0440. The van der Waals surface area contributed by atoms with E-state index in [1.807, 2.05) is 72.7 Å². The fourth-order valence-corrected chi connectivity index (χ4v) is 12.4. The van der Waals surface area contributed by atoms with Crippen molar-refractivity contribution in [3.05, 3.63) is 142 Å². The molecule has 22 heteroatoms. The smallest absolute Gasteiger partial charge is 0.364 e. The van der Waals surface area contributed by atoms with Gasteiger partial charge in [-0.05, 0) is 194 Å². The highest BCUT2D eigenvalue weighted by Crippen LogP contribution is 2.41. The number of carbonyl (C=O) groups excluding carboxylic acids is 8. The van der Waals surface area contributed by atoms with E-state index in [9.17, 15) is 43.6 Å². The van der Waals surface area contributed by atoms with Gasteiger partial charge in [0.05, 0.1) is 56.8 Å². The fourth-order valence-electron chi connectivity index (χ4n) is 11.9. The van der Waals surface area contributed by atoms with Crippen molar-refractivity contribution in [1.29, 1.82) is 0 Å². The summed E-state index contributed by atoms with van der Waals surface area (Å²) in [5.74, 6) is -3.62. The maximum absolute atomic E-state index is 12.6. The van der Waals surface area contributed by atoms with Crippen LogP contribution in [0.15, 0.2) is 97.1 Å². The molecule has 0 aliphatic carbocycles. The zero-order valence-electron chi connectivity index (χ0n) is 56.8. The lowest BCUT2D eigenvalue weighted by Gasteiger charge is -2.51. The largest absolute Gasteiger partial charge is 0.465 e. The van der Waals surface area contributed by atoms with Gasteiger partial charge in [0.1, 0.15) is 0 Å². The van der Waals surface area contributed by atoms with Crippen LogP contribution < -0.4 is 0 Å². The molecule has 0 spiro atoms. The van der Waals surface area contributed by atoms with E-state index in [1.165, 1.54) is 39.2 Å². The zero-order valence-corrected chi connectivity index (χ0v) is 58.4. The summed E-state index contributed by atoms with van der Waals surface area (Å²) in [6.07, 6.45) is 10.4. The number of aryl methyl sites for hydroxylation is 1. The molecule has 5 saturated heterocycles. The number of imide groups is 2. The number of ether oxygens (including phenoxy) is 3. The van der Waals surface area contributed by atoms with Gasteiger partial charge < -0.3 is 24.3 Å². The van der Waals surface area contributed by atoms with E-state index in [2.05, 4.69) is 114 Å². The van der Waals surface area contributed by atoms with Crippen molar-refractivity contribution < 1.29 is 77.5 Å². The highest BCUT2D eigenvalue weighted by molar-refractivity contribution is 9.08. The molecule has 5 aliphatic rings. The molecule has 4 aromatic carbocycles. The Hall–Kier alpha value is -6.76. The van der Waals surface area contributed by atoms with Crippen LogP contribution in [-0.4, -0.2) is 138 Å². The molecule has 5 heterocycles. The molecule has 0 unspecified atom stereocenters. The molecule has 0 bridgehead atoms. The Kier molecular flexibility index (Phi) is 29.1. The van der Waals surface area contributed by atoms with Gasteiger partial charge in [-0.25, -0.2) is 19.2 Å². The first-order valence-electron chi connectivity index (χ1n) is 31.1. The van der Waals surface area contributed by atoms with E-state index in [0.717, 1.165) is 61.6 Å². The van der Waals surface area contributed by atoms with Gasteiger partial charge in [-0.1, -0.05) is 88.7 Å². The van der Waals surface area contributed by atoms with Gasteiger partial charge in [-0.3, -0.25) is 34.1 Å². The lowest BCUT2D eigenvalue weighted by atomic mass is 9.82. The molecule has 0 aromatic heterocycles. The molecule has 0 radical (unpaired) electrons. The first-order valence-corrected chi connectivity index (χ1v) is 32.2. The number of alkyl halides is 1. The second-order valence-electron chi connectivity index (χ2n) is 26.8. The van der Waals surface area contributed by atoms with Crippen LogP contribution in [0.3, 0.4) is 0 Å². The minimum atomic E-state index is -0.736. The van der Waals surface area contributed by atoms with Crippen molar-refractivity contribution in [2.45, 2.75) is 225 Å². The summed E-state index contributed by atoms with van der Waals surface area (Å²) in [6, 6.07) is 29.1. The van der Waals surface area contributed by atoms with E-state index in [4.69, 9.17) is 24.5 Å². The standard InChI is InChI=1S/C21H28N2O5.C18H27NO3.C9H9BrO2.C9H19NO.C9H10O2.C4H5NO3/c1-20(2)12-7-13-21(3,4)23(20)27-14-15-8-5-6-9-16(15)19(26)28-22-17(24)10-11-18(22)25;1-17(2)11-8-12-18(3,4)19(17)22-13-14-9-6-7-10-15(14)16(20)21-5;1-12-9(11)8-5-3-2-4-7(8)6-10;1-8(2)6-5-7-9(3,4)10(8)11;1-7-5-3-4-6-8(7)9(10)11-2;6-3-1-2-4(7)5(3)8/h5-6,8-9H,7,10-14H2,1-4H3;6-7,9-10H,8,11-13H2,1-5H3;2-5H,6H2,1H3;11H,5-7H2,1-4H3;3-6H,1-2H3;8H,1-2H2. The third kappa shape index (κ3) is 21.7. The van der Waals surface area contributed by atoms with E-state index in [-0.39, 0.29) is 94.1 Å². The van der Waals surface area contributed by atoms with E-state index in [1.54, 1.807) is 36.4 Å². The van der Waals surface area contributed by atoms with Crippen molar-refractivity contribution in [2.75, 3.05) is 21.3 Å². The van der Waals surface area contributed by atoms with Gasteiger partial charge in [0.25, 0.3) is 23.6 Å². The SMILES string of the molecule is CC1(C)CCCC(C)(C)N1O.CC1(C)CCCC(C)(C)N1OCc1ccccc1C(=O)ON1C(=O)CCC1=O.COC(=O)c1ccccc1C.COC(=O)c1ccccc1CBr.COC(=O)c1ccccc1CON1C(C)(C)CCCC1(C)C.O=C1CCC(=O)N1O. The number of esters is 3. The zero-order chi connectivity index (χ0) is 69.0. The molecular weight excluding hydrogens is 1250 g/mol. The first kappa shape index (κ1) is 77.7. The van der Waals surface area contributed by atoms with Gasteiger partial charge in [-0.2, -0.15) is 20.3 Å². The Balaban J connectivity index is 0.000000250. The van der Waals surface area contributed by atoms with Crippen molar-refractivity contribution in [3.63, 3.8) is 0 Å². The van der Waals surface area contributed by atoms with Crippen molar-refractivity contribution in [3.8, 4) is 0 Å². The van der Waals surface area contributed by atoms with Crippen molar-refractivity contribution in [2.24, 2.45) is 0 Å². The Morgan fingerprint density at radius 3 is 1.04 bits per heavy atom. The molecule has 9 rings (SSSR count). The minimum Gasteiger partial charge on any atom is -0.465 e. The molecule has 4 aromatic rings. The summed E-state index contributed by atoms with van der Waals surface area (Å²) >= 11 is 3.30. The van der Waals surface area contributed by atoms with Crippen LogP contribution in [0.4, 0.5) is 0 Å². The molecule has 2 N–H and O–H groups in total. The lowest BCUT2D eigenvalue weighted by molar-refractivity contribution is -0.288. The van der Waals surface area contributed by atoms with E-state index in [0.29, 0.717) is 39.3 Å². The van der Waals surface area contributed by atoms with E-state index >= 15 is 0 Å². The maximum Gasteiger partial charge on any atom is 0.364 e. The molecule has 4 amide bonds. The monoisotopic (exact) mass is 1340 g/mol. The number of benzene rings is 4. The number of hydrogen-bond acceptors (Lipinski definition) is 19. The Morgan fingerprint density at radius 1 is 0.424 bits per heavy atom. The molecule has 0 saturated carbocycles. The summed E-state index contributed by atoms with van der Waals surface area (Å²) in [5, 5.41) is 25.2. The normalized spacial score (nSPS) is 19.3. The van der Waals surface area contributed by atoms with Gasteiger partial charge >= 0.3 is 23.9 Å². The average molecular weight is 1350 g/mol. The van der Waals surface area contributed by atoms with E-state index < -0.39 is 29.6 Å². The predicted octanol–water partition coefficient (Wildman–Crippen LogP) is 13.4. The third-order valence-electron chi connectivity index (χ3n) is 16.8. The number of nitrogens with zero attached hydrogens (tertiary/aromatic N) is 5.